The van der Waals surface area contributed by atoms with Crippen LogP contribution in [0.3, 0.4) is 0 Å². The summed E-state index contributed by atoms with van der Waals surface area (Å²) in [7, 11) is 1.63. The van der Waals surface area contributed by atoms with Gasteiger partial charge in [-0.25, -0.2) is 0 Å². The summed E-state index contributed by atoms with van der Waals surface area (Å²) < 4.78 is 10.8. The van der Waals surface area contributed by atoms with Gasteiger partial charge in [0.1, 0.15) is 11.5 Å². The van der Waals surface area contributed by atoms with Crippen LogP contribution in [0.5, 0.6) is 5.75 Å². The van der Waals surface area contributed by atoms with Crippen LogP contribution in [0.15, 0.2) is 30.8 Å². The molecule has 0 fully saturated rings. The highest BCUT2D eigenvalue weighted by molar-refractivity contribution is 5.57. The molecule has 1 aromatic carbocycles. The molecular formula is C17H26O2. The molecule has 0 saturated carbocycles. The van der Waals surface area contributed by atoms with Gasteiger partial charge in [0.15, 0.2) is 0 Å². The third-order valence-corrected chi connectivity index (χ3v) is 3.48. The van der Waals surface area contributed by atoms with Crippen molar-refractivity contribution in [1.29, 1.82) is 0 Å². The molecule has 1 aromatic rings. The van der Waals surface area contributed by atoms with Gasteiger partial charge in [-0.15, -0.1) is 0 Å². The average Bonchev–Trinajstić information content (AvgIpc) is 2.46. The molecule has 0 aliphatic heterocycles. The number of hydrogen-bond acceptors (Lipinski definition) is 2. The Bertz CT molecular complexity index is 367. The lowest BCUT2D eigenvalue weighted by Crippen LogP contribution is -1.99. The van der Waals surface area contributed by atoms with E-state index in [1.165, 1.54) is 19.3 Å². The molecule has 106 valence electrons. The first-order valence-electron chi connectivity index (χ1n) is 7.13. The molecule has 0 aromatic heterocycles. The SMILES string of the molecule is C=C(OC)c1ccc(OCCCCC(C)CC)cc1. The molecule has 0 bridgehead atoms. The Kier molecular flexibility index (Phi) is 7.09. The number of unbranched alkanes of at least 4 members (excludes halogenated alkanes) is 1. The minimum Gasteiger partial charge on any atom is -0.497 e. The lowest BCUT2D eigenvalue weighted by atomic mass is 10.0. The van der Waals surface area contributed by atoms with Crippen molar-refractivity contribution in [2.24, 2.45) is 5.92 Å². The lowest BCUT2D eigenvalue weighted by molar-refractivity contribution is 0.299. The van der Waals surface area contributed by atoms with Crippen LogP contribution in [0.25, 0.3) is 5.76 Å². The fraction of sp³-hybridized carbons (Fsp3) is 0.529. The molecule has 0 heterocycles. The summed E-state index contributed by atoms with van der Waals surface area (Å²) in [5.41, 5.74) is 0.992. The summed E-state index contributed by atoms with van der Waals surface area (Å²) >= 11 is 0. The van der Waals surface area contributed by atoms with E-state index >= 15 is 0 Å². The second-order valence-electron chi connectivity index (χ2n) is 5.01. The minimum absolute atomic E-state index is 0.681. The summed E-state index contributed by atoms with van der Waals surface area (Å²) in [5, 5.41) is 0. The fourth-order valence-electron chi connectivity index (χ4n) is 1.84. The van der Waals surface area contributed by atoms with Crippen LogP contribution in [0, 0.1) is 5.92 Å². The smallest absolute Gasteiger partial charge is 0.119 e. The standard InChI is InChI=1S/C17H26O2/c1-5-14(2)8-6-7-13-19-17-11-9-16(10-12-17)15(3)18-4/h9-12,14H,3,5-8,13H2,1-2,4H3. The van der Waals surface area contributed by atoms with Crippen LogP contribution in [-0.2, 0) is 4.74 Å². The highest BCUT2D eigenvalue weighted by atomic mass is 16.5. The van der Waals surface area contributed by atoms with Crippen molar-refractivity contribution in [3.63, 3.8) is 0 Å². The third kappa shape index (κ3) is 5.82. The van der Waals surface area contributed by atoms with Crippen LogP contribution in [0.4, 0.5) is 0 Å². The molecule has 0 aliphatic carbocycles. The van der Waals surface area contributed by atoms with Crippen molar-refractivity contribution in [1.82, 2.24) is 0 Å². The zero-order valence-corrected chi connectivity index (χ0v) is 12.4. The molecule has 0 radical (unpaired) electrons. The quantitative estimate of drug-likeness (QED) is 0.465. The van der Waals surface area contributed by atoms with E-state index in [1.54, 1.807) is 7.11 Å². The van der Waals surface area contributed by atoms with Crippen molar-refractivity contribution in [2.45, 2.75) is 39.5 Å². The molecule has 1 rings (SSSR count). The molecule has 0 spiro atoms. The van der Waals surface area contributed by atoms with E-state index in [0.717, 1.165) is 30.3 Å². The molecule has 2 heteroatoms. The van der Waals surface area contributed by atoms with Crippen molar-refractivity contribution in [2.75, 3.05) is 13.7 Å². The average molecular weight is 262 g/mol. The van der Waals surface area contributed by atoms with Gasteiger partial charge in [-0.05, 0) is 43.0 Å². The monoisotopic (exact) mass is 262 g/mol. The summed E-state index contributed by atoms with van der Waals surface area (Å²) in [6.07, 6.45) is 4.93. The maximum absolute atomic E-state index is 5.72. The van der Waals surface area contributed by atoms with Gasteiger partial charge >= 0.3 is 0 Å². The first kappa shape index (κ1) is 15.6. The molecular weight excluding hydrogens is 236 g/mol. The largest absolute Gasteiger partial charge is 0.497 e. The van der Waals surface area contributed by atoms with E-state index in [2.05, 4.69) is 20.4 Å². The topological polar surface area (TPSA) is 18.5 Å². The van der Waals surface area contributed by atoms with Crippen molar-refractivity contribution >= 4 is 5.76 Å². The van der Waals surface area contributed by atoms with Crippen LogP contribution in [0.1, 0.15) is 45.1 Å². The Balaban J connectivity index is 2.25. The first-order chi connectivity index (χ1) is 9.17. The Morgan fingerprint density at radius 2 is 1.89 bits per heavy atom. The molecule has 0 aliphatic rings. The number of rotatable bonds is 9. The number of ether oxygens (including phenoxy) is 2. The van der Waals surface area contributed by atoms with Gasteiger partial charge in [0, 0.05) is 5.56 Å². The number of hydrogen-bond donors (Lipinski definition) is 0. The van der Waals surface area contributed by atoms with Crippen LogP contribution < -0.4 is 4.74 Å². The van der Waals surface area contributed by atoms with E-state index in [4.69, 9.17) is 9.47 Å². The van der Waals surface area contributed by atoms with Gasteiger partial charge in [0.2, 0.25) is 0 Å². The zero-order chi connectivity index (χ0) is 14.1. The van der Waals surface area contributed by atoms with Gasteiger partial charge < -0.3 is 9.47 Å². The fourth-order valence-corrected chi connectivity index (χ4v) is 1.84. The normalized spacial score (nSPS) is 11.9. The second-order valence-corrected chi connectivity index (χ2v) is 5.01. The van der Waals surface area contributed by atoms with Crippen molar-refractivity contribution in [3.8, 4) is 5.75 Å². The molecule has 0 N–H and O–H groups in total. The first-order valence-corrected chi connectivity index (χ1v) is 7.13. The maximum atomic E-state index is 5.72. The van der Waals surface area contributed by atoms with Crippen LogP contribution >= 0.6 is 0 Å². The summed E-state index contributed by atoms with van der Waals surface area (Å²) in [6, 6.07) is 7.88. The Morgan fingerprint density at radius 1 is 1.21 bits per heavy atom. The van der Waals surface area contributed by atoms with Gasteiger partial charge in [-0.2, -0.15) is 0 Å². The second kappa shape index (κ2) is 8.63. The molecule has 2 nitrogen and oxygen atoms in total. The van der Waals surface area contributed by atoms with E-state index in [1.807, 2.05) is 24.3 Å². The minimum atomic E-state index is 0.681. The predicted molar refractivity (Wildman–Crippen MR) is 81.3 cm³/mol. The van der Waals surface area contributed by atoms with Crippen molar-refractivity contribution in [3.05, 3.63) is 36.4 Å². The van der Waals surface area contributed by atoms with E-state index in [0.29, 0.717) is 5.76 Å². The van der Waals surface area contributed by atoms with E-state index in [-0.39, 0.29) is 0 Å². The van der Waals surface area contributed by atoms with Crippen LogP contribution in [-0.4, -0.2) is 13.7 Å². The van der Waals surface area contributed by atoms with Gasteiger partial charge in [0.25, 0.3) is 0 Å². The molecule has 19 heavy (non-hydrogen) atoms. The van der Waals surface area contributed by atoms with E-state index < -0.39 is 0 Å². The van der Waals surface area contributed by atoms with Crippen LogP contribution in [0.2, 0.25) is 0 Å². The summed E-state index contributed by atoms with van der Waals surface area (Å²) in [5.74, 6) is 2.43. The highest BCUT2D eigenvalue weighted by Gasteiger charge is 2.00. The maximum Gasteiger partial charge on any atom is 0.119 e. The van der Waals surface area contributed by atoms with Crippen molar-refractivity contribution < 1.29 is 9.47 Å². The molecule has 1 atom stereocenters. The molecule has 0 saturated heterocycles. The summed E-state index contributed by atoms with van der Waals surface area (Å²) in [4.78, 5) is 0. The number of benzene rings is 1. The zero-order valence-electron chi connectivity index (χ0n) is 12.4. The number of methoxy groups -OCH3 is 1. The molecule has 1 unspecified atom stereocenters. The van der Waals surface area contributed by atoms with Gasteiger partial charge in [-0.1, -0.05) is 33.3 Å². The Morgan fingerprint density at radius 3 is 2.47 bits per heavy atom. The third-order valence-electron chi connectivity index (χ3n) is 3.48. The van der Waals surface area contributed by atoms with Gasteiger partial charge in [-0.3, -0.25) is 0 Å². The Hall–Kier alpha value is -1.44. The predicted octanol–water partition coefficient (Wildman–Crippen LogP) is 4.90. The molecule has 0 amide bonds. The lowest BCUT2D eigenvalue weighted by Gasteiger charge is -2.10. The highest BCUT2D eigenvalue weighted by Crippen LogP contribution is 2.18. The van der Waals surface area contributed by atoms with E-state index in [9.17, 15) is 0 Å². The Labute approximate surface area is 117 Å². The van der Waals surface area contributed by atoms with Gasteiger partial charge in [0.05, 0.1) is 13.7 Å². The summed E-state index contributed by atoms with van der Waals surface area (Å²) in [6.45, 7) is 9.17.